The van der Waals surface area contributed by atoms with Gasteiger partial charge in [-0.15, -0.1) is 0 Å². The molecule has 2 aromatic carbocycles. The van der Waals surface area contributed by atoms with Gasteiger partial charge in [0.1, 0.15) is 29.7 Å². The first-order chi connectivity index (χ1) is 15.3. The van der Waals surface area contributed by atoms with Gasteiger partial charge in [-0.25, -0.2) is 0 Å². The first-order valence-electron chi connectivity index (χ1n) is 9.94. The van der Waals surface area contributed by atoms with Crippen LogP contribution in [0.25, 0.3) is 0 Å². The van der Waals surface area contributed by atoms with Crippen LogP contribution in [0.2, 0.25) is 5.02 Å². The number of alkyl halides is 3. The Morgan fingerprint density at radius 3 is 2.27 bits per heavy atom. The van der Waals surface area contributed by atoms with Gasteiger partial charge in [-0.05, 0) is 48.2 Å². The van der Waals surface area contributed by atoms with E-state index in [9.17, 15) is 38.7 Å². The molecule has 33 heavy (non-hydrogen) atoms. The molecule has 0 aliphatic carbocycles. The Hall–Kier alpha value is -1.92. The van der Waals surface area contributed by atoms with Crippen LogP contribution < -0.4 is 4.74 Å². The SMILES string of the molecule is C[C@@]1(c2ccc(Cl)c(Cc3ccc(OCC(F)(F)F)cc3)c2)OC(O)(CO)[C@@H](O)[C@H](O)[C@H]1O. The van der Waals surface area contributed by atoms with E-state index in [1.807, 2.05) is 0 Å². The number of hydrogen-bond donors (Lipinski definition) is 5. The van der Waals surface area contributed by atoms with E-state index in [1.54, 1.807) is 18.2 Å². The van der Waals surface area contributed by atoms with Gasteiger partial charge in [-0.1, -0.05) is 35.9 Å². The molecule has 182 valence electrons. The molecule has 1 unspecified atom stereocenters. The van der Waals surface area contributed by atoms with Gasteiger partial charge in [0, 0.05) is 5.02 Å². The molecule has 1 heterocycles. The minimum atomic E-state index is -4.44. The second kappa shape index (κ2) is 9.38. The van der Waals surface area contributed by atoms with Crippen LogP contribution in [0.5, 0.6) is 5.75 Å². The van der Waals surface area contributed by atoms with Crippen molar-refractivity contribution in [2.75, 3.05) is 13.2 Å². The summed E-state index contributed by atoms with van der Waals surface area (Å²) in [5.74, 6) is -2.46. The zero-order chi connectivity index (χ0) is 24.6. The molecule has 0 aromatic heterocycles. The van der Waals surface area contributed by atoms with Gasteiger partial charge in [0.05, 0.1) is 6.61 Å². The van der Waals surface area contributed by atoms with E-state index in [4.69, 9.17) is 16.3 Å². The van der Waals surface area contributed by atoms with Crippen molar-refractivity contribution in [1.29, 1.82) is 0 Å². The molecule has 0 spiro atoms. The lowest BCUT2D eigenvalue weighted by Gasteiger charge is -2.50. The summed E-state index contributed by atoms with van der Waals surface area (Å²) < 4.78 is 47.1. The van der Waals surface area contributed by atoms with Gasteiger partial charge in [-0.3, -0.25) is 0 Å². The average Bonchev–Trinajstić information content (AvgIpc) is 2.76. The van der Waals surface area contributed by atoms with Crippen LogP contribution in [0, 0.1) is 0 Å². The van der Waals surface area contributed by atoms with E-state index in [0.717, 1.165) is 0 Å². The van der Waals surface area contributed by atoms with E-state index < -0.39 is 49.1 Å². The normalized spacial score (nSPS) is 30.3. The summed E-state index contributed by atoms with van der Waals surface area (Å²) in [6.07, 6.45) is -9.60. The van der Waals surface area contributed by atoms with Crippen molar-refractivity contribution in [2.45, 2.75) is 49.2 Å². The Bertz CT molecular complexity index is 971. The van der Waals surface area contributed by atoms with E-state index in [-0.39, 0.29) is 12.2 Å². The lowest BCUT2D eigenvalue weighted by Crippen LogP contribution is -2.68. The van der Waals surface area contributed by atoms with Crippen LogP contribution in [-0.2, 0) is 16.8 Å². The summed E-state index contributed by atoms with van der Waals surface area (Å²) in [6.45, 7) is -1.05. The summed E-state index contributed by atoms with van der Waals surface area (Å²) in [7, 11) is 0. The predicted octanol–water partition coefficient (Wildman–Crippen LogP) is 1.88. The second-order valence-corrected chi connectivity index (χ2v) is 8.53. The van der Waals surface area contributed by atoms with E-state index >= 15 is 0 Å². The number of benzene rings is 2. The number of hydrogen-bond acceptors (Lipinski definition) is 7. The summed E-state index contributed by atoms with van der Waals surface area (Å²) in [5.41, 5.74) is -0.156. The van der Waals surface area contributed by atoms with Gasteiger partial charge < -0.3 is 35.0 Å². The van der Waals surface area contributed by atoms with Gasteiger partial charge in [0.15, 0.2) is 6.61 Å². The Morgan fingerprint density at radius 2 is 1.70 bits per heavy atom. The van der Waals surface area contributed by atoms with Gasteiger partial charge >= 0.3 is 6.18 Å². The number of aliphatic hydroxyl groups excluding tert-OH is 4. The highest BCUT2D eigenvalue weighted by molar-refractivity contribution is 6.31. The molecule has 0 saturated carbocycles. The first-order valence-corrected chi connectivity index (χ1v) is 10.3. The van der Waals surface area contributed by atoms with Crippen LogP contribution in [-0.4, -0.2) is 69.0 Å². The highest BCUT2D eigenvalue weighted by Gasteiger charge is 2.58. The molecular formula is C22H24ClF3O7. The van der Waals surface area contributed by atoms with Crippen molar-refractivity contribution in [1.82, 2.24) is 0 Å². The van der Waals surface area contributed by atoms with E-state index in [2.05, 4.69) is 4.74 Å². The molecule has 7 nitrogen and oxygen atoms in total. The number of ether oxygens (including phenoxy) is 2. The monoisotopic (exact) mass is 492 g/mol. The number of aliphatic hydroxyl groups is 5. The number of rotatable bonds is 6. The third-order valence-corrected chi connectivity index (χ3v) is 6.00. The molecule has 0 radical (unpaired) electrons. The zero-order valence-electron chi connectivity index (χ0n) is 17.5. The van der Waals surface area contributed by atoms with E-state index in [0.29, 0.717) is 21.7 Å². The molecular weight excluding hydrogens is 469 g/mol. The Kier molecular flexibility index (Phi) is 7.30. The van der Waals surface area contributed by atoms with Crippen LogP contribution in [0.4, 0.5) is 13.2 Å². The molecule has 11 heteroatoms. The van der Waals surface area contributed by atoms with Crippen molar-refractivity contribution < 1.29 is 48.2 Å². The topological polar surface area (TPSA) is 120 Å². The van der Waals surface area contributed by atoms with Gasteiger partial charge in [0.25, 0.3) is 0 Å². The molecule has 5 atom stereocenters. The third-order valence-electron chi connectivity index (χ3n) is 5.63. The maximum Gasteiger partial charge on any atom is 0.422 e. The first kappa shape index (κ1) is 25.7. The fourth-order valence-corrected chi connectivity index (χ4v) is 3.90. The molecule has 1 fully saturated rings. The maximum absolute atomic E-state index is 12.3. The lowest BCUT2D eigenvalue weighted by molar-refractivity contribution is -0.386. The quantitative estimate of drug-likeness (QED) is 0.418. The molecule has 1 aliphatic heterocycles. The molecule has 3 rings (SSSR count). The molecule has 5 N–H and O–H groups in total. The van der Waals surface area contributed by atoms with Crippen molar-refractivity contribution in [3.05, 3.63) is 64.2 Å². The average molecular weight is 493 g/mol. The van der Waals surface area contributed by atoms with Crippen LogP contribution >= 0.6 is 11.6 Å². The summed E-state index contributed by atoms with van der Waals surface area (Å²) >= 11 is 6.30. The highest BCUT2D eigenvalue weighted by Crippen LogP contribution is 2.42. The minimum absolute atomic E-state index is 0.0537. The molecule has 1 saturated heterocycles. The Labute approximate surface area is 192 Å². The van der Waals surface area contributed by atoms with Crippen molar-refractivity contribution in [2.24, 2.45) is 0 Å². The standard InChI is InChI=1S/C22H24ClF3O7/c1-20(18(29)17(28)19(30)21(31,10-27)33-20)14-4-7-16(23)13(9-14)8-12-2-5-15(6-3-12)32-11-22(24,25)26/h2-7,9,17-19,27-31H,8,10-11H2,1H3/t17-,18-,19+,20+,21?/m1/s1. The Morgan fingerprint density at radius 1 is 1.06 bits per heavy atom. The molecule has 1 aliphatic rings. The summed E-state index contributed by atoms with van der Waals surface area (Å²) in [5, 5.41) is 51.1. The van der Waals surface area contributed by atoms with Crippen LogP contribution in [0.3, 0.4) is 0 Å². The third kappa shape index (κ3) is 5.43. The smallest absolute Gasteiger partial charge is 0.422 e. The summed E-state index contributed by atoms with van der Waals surface area (Å²) in [6, 6.07) is 10.5. The van der Waals surface area contributed by atoms with E-state index in [1.165, 1.54) is 31.2 Å². The lowest BCUT2D eigenvalue weighted by atomic mass is 9.79. The molecule has 0 bridgehead atoms. The Balaban J connectivity index is 1.85. The fraction of sp³-hybridized carbons (Fsp3) is 0.455. The van der Waals surface area contributed by atoms with Crippen molar-refractivity contribution in [3.8, 4) is 5.75 Å². The van der Waals surface area contributed by atoms with Crippen LogP contribution in [0.1, 0.15) is 23.6 Å². The summed E-state index contributed by atoms with van der Waals surface area (Å²) in [4.78, 5) is 0. The van der Waals surface area contributed by atoms with Crippen molar-refractivity contribution in [3.63, 3.8) is 0 Å². The second-order valence-electron chi connectivity index (χ2n) is 8.12. The predicted molar refractivity (Wildman–Crippen MR) is 111 cm³/mol. The van der Waals surface area contributed by atoms with Gasteiger partial charge in [0.2, 0.25) is 5.79 Å². The minimum Gasteiger partial charge on any atom is -0.484 e. The van der Waals surface area contributed by atoms with Crippen LogP contribution in [0.15, 0.2) is 42.5 Å². The highest BCUT2D eigenvalue weighted by atomic mass is 35.5. The fourth-order valence-electron chi connectivity index (χ4n) is 3.72. The number of halogens is 4. The van der Waals surface area contributed by atoms with Gasteiger partial charge in [-0.2, -0.15) is 13.2 Å². The van der Waals surface area contributed by atoms with Crippen molar-refractivity contribution >= 4 is 11.6 Å². The molecule has 2 aromatic rings. The largest absolute Gasteiger partial charge is 0.484 e. The molecule has 0 amide bonds. The maximum atomic E-state index is 12.3. The zero-order valence-corrected chi connectivity index (χ0v) is 18.2.